The number of nitrogens with one attached hydrogen (secondary N) is 1. The molecule has 1 unspecified atom stereocenters. The van der Waals surface area contributed by atoms with Crippen molar-refractivity contribution >= 4 is 5.91 Å². The number of rotatable bonds is 6. The first-order valence-electron chi connectivity index (χ1n) is 10.5. The highest BCUT2D eigenvalue weighted by Gasteiger charge is 2.22. The summed E-state index contributed by atoms with van der Waals surface area (Å²) >= 11 is 0. The maximum atomic E-state index is 14.8. The molecule has 0 fully saturated rings. The third kappa shape index (κ3) is 4.14. The zero-order valence-corrected chi connectivity index (χ0v) is 18.3. The Kier molecular flexibility index (Phi) is 6.08. The summed E-state index contributed by atoms with van der Waals surface area (Å²) in [5.74, 6) is 0.165. The van der Waals surface area contributed by atoms with Crippen LogP contribution in [0.3, 0.4) is 0 Å². The predicted molar refractivity (Wildman–Crippen MR) is 125 cm³/mol. The van der Waals surface area contributed by atoms with Gasteiger partial charge in [-0.1, -0.05) is 42.5 Å². The number of para-hydroxylation sites is 1. The average Bonchev–Trinajstić information content (AvgIpc) is 3.17. The van der Waals surface area contributed by atoms with Crippen molar-refractivity contribution < 1.29 is 13.9 Å². The van der Waals surface area contributed by atoms with E-state index in [0.29, 0.717) is 16.9 Å². The van der Waals surface area contributed by atoms with E-state index in [1.54, 1.807) is 29.9 Å². The van der Waals surface area contributed by atoms with Crippen LogP contribution in [0.5, 0.6) is 5.75 Å². The number of carbonyl (C=O) groups excluding carboxylic acids is 1. The number of benzene rings is 3. The van der Waals surface area contributed by atoms with Gasteiger partial charge in [-0.15, -0.1) is 0 Å². The zero-order chi connectivity index (χ0) is 22.7. The van der Waals surface area contributed by atoms with Gasteiger partial charge in [-0.05, 0) is 67.4 Å². The monoisotopic (exact) mass is 428 g/mol. The van der Waals surface area contributed by atoms with Gasteiger partial charge in [0.15, 0.2) is 0 Å². The average molecular weight is 429 g/mol. The summed E-state index contributed by atoms with van der Waals surface area (Å²) in [6, 6.07) is 25.5. The van der Waals surface area contributed by atoms with Gasteiger partial charge in [0, 0.05) is 5.69 Å². The summed E-state index contributed by atoms with van der Waals surface area (Å²) in [6.45, 7) is 3.78. The summed E-state index contributed by atoms with van der Waals surface area (Å²) in [4.78, 5) is 13.2. The number of aromatic nitrogens is 1. The first-order valence-corrected chi connectivity index (χ1v) is 10.5. The van der Waals surface area contributed by atoms with Crippen molar-refractivity contribution in [2.45, 2.75) is 19.9 Å². The van der Waals surface area contributed by atoms with Crippen LogP contribution in [0.4, 0.5) is 4.39 Å². The Morgan fingerprint density at radius 2 is 1.62 bits per heavy atom. The maximum Gasteiger partial charge on any atom is 0.253 e. The Morgan fingerprint density at radius 1 is 0.969 bits per heavy atom. The minimum absolute atomic E-state index is 0.163. The van der Waals surface area contributed by atoms with Gasteiger partial charge >= 0.3 is 0 Å². The Morgan fingerprint density at radius 3 is 2.28 bits per heavy atom. The highest BCUT2D eigenvalue weighted by molar-refractivity contribution is 5.97. The van der Waals surface area contributed by atoms with Crippen molar-refractivity contribution in [2.75, 3.05) is 7.11 Å². The van der Waals surface area contributed by atoms with Crippen LogP contribution in [0.25, 0.3) is 16.9 Å². The molecule has 0 bridgehead atoms. The van der Waals surface area contributed by atoms with Gasteiger partial charge in [0.2, 0.25) is 0 Å². The number of hydrogen-bond acceptors (Lipinski definition) is 2. The number of halogens is 1. The van der Waals surface area contributed by atoms with Crippen LogP contribution in [0.2, 0.25) is 0 Å². The van der Waals surface area contributed by atoms with E-state index < -0.39 is 0 Å². The third-order valence-electron chi connectivity index (χ3n) is 5.62. The molecule has 32 heavy (non-hydrogen) atoms. The van der Waals surface area contributed by atoms with Gasteiger partial charge in [0.25, 0.3) is 5.91 Å². The van der Waals surface area contributed by atoms with Gasteiger partial charge in [0.05, 0.1) is 30.1 Å². The van der Waals surface area contributed by atoms with Crippen molar-refractivity contribution in [1.82, 2.24) is 9.88 Å². The van der Waals surface area contributed by atoms with Gasteiger partial charge in [-0.3, -0.25) is 4.79 Å². The highest BCUT2D eigenvalue weighted by Crippen LogP contribution is 2.32. The van der Waals surface area contributed by atoms with Crippen molar-refractivity contribution in [3.05, 3.63) is 108 Å². The number of ether oxygens (including phenoxy) is 1. The topological polar surface area (TPSA) is 43.3 Å². The molecule has 0 aliphatic carbocycles. The van der Waals surface area contributed by atoms with Crippen LogP contribution in [-0.2, 0) is 0 Å². The lowest BCUT2D eigenvalue weighted by Crippen LogP contribution is -2.27. The molecule has 0 saturated carbocycles. The summed E-state index contributed by atoms with van der Waals surface area (Å²) in [5, 5.41) is 3.06. The fourth-order valence-electron chi connectivity index (χ4n) is 3.85. The summed E-state index contributed by atoms with van der Waals surface area (Å²) in [6.07, 6.45) is 0. The number of hydrogen-bond donors (Lipinski definition) is 1. The predicted octanol–water partition coefficient (Wildman–Crippen LogP) is 6.09. The van der Waals surface area contributed by atoms with E-state index in [4.69, 9.17) is 4.74 Å². The molecule has 4 rings (SSSR count). The van der Waals surface area contributed by atoms with Gasteiger partial charge in [-0.25, -0.2) is 4.39 Å². The van der Waals surface area contributed by atoms with Crippen molar-refractivity contribution in [1.29, 1.82) is 0 Å². The smallest absolute Gasteiger partial charge is 0.253 e. The second kappa shape index (κ2) is 9.10. The summed E-state index contributed by atoms with van der Waals surface area (Å²) in [7, 11) is 1.61. The quantitative estimate of drug-likeness (QED) is 0.404. The molecule has 0 aliphatic rings. The van der Waals surface area contributed by atoms with Crippen molar-refractivity contribution in [3.8, 4) is 22.7 Å². The summed E-state index contributed by atoms with van der Waals surface area (Å²) < 4.78 is 21.8. The summed E-state index contributed by atoms with van der Waals surface area (Å²) in [5.41, 5.74) is 4.16. The fourth-order valence-corrected chi connectivity index (χ4v) is 3.85. The molecule has 1 atom stereocenters. The van der Waals surface area contributed by atoms with Crippen LogP contribution in [0.1, 0.15) is 34.6 Å². The van der Waals surface area contributed by atoms with Crippen molar-refractivity contribution in [3.63, 3.8) is 0 Å². The Balaban J connectivity index is 1.78. The fraction of sp³-hybridized carbons (Fsp3) is 0.148. The van der Waals surface area contributed by atoms with Crippen LogP contribution < -0.4 is 10.1 Å². The SMILES string of the molecule is COc1ccc(-c2cc(C(=O)NC(C)c3ccccc3)c(C)n2-c2ccccc2F)cc1. The van der Waals surface area contributed by atoms with E-state index in [0.717, 1.165) is 22.6 Å². The largest absolute Gasteiger partial charge is 0.497 e. The normalized spacial score (nSPS) is 11.8. The maximum absolute atomic E-state index is 14.8. The first kappa shape index (κ1) is 21.4. The van der Waals surface area contributed by atoms with E-state index in [1.165, 1.54) is 6.07 Å². The van der Waals surface area contributed by atoms with E-state index >= 15 is 0 Å². The molecule has 0 saturated heterocycles. The van der Waals surface area contributed by atoms with Gasteiger partial charge < -0.3 is 14.6 Å². The van der Waals surface area contributed by atoms with Crippen LogP contribution >= 0.6 is 0 Å². The lowest BCUT2D eigenvalue weighted by molar-refractivity contribution is 0.0939. The Bertz CT molecular complexity index is 1230. The van der Waals surface area contributed by atoms with E-state index in [-0.39, 0.29) is 17.8 Å². The third-order valence-corrected chi connectivity index (χ3v) is 5.62. The Hall–Kier alpha value is -3.86. The molecular formula is C27H25FN2O2. The Labute approximate surface area is 187 Å². The molecule has 4 aromatic rings. The molecule has 3 aromatic carbocycles. The second-order valence-corrected chi connectivity index (χ2v) is 7.65. The van der Waals surface area contributed by atoms with E-state index in [2.05, 4.69) is 5.32 Å². The van der Waals surface area contributed by atoms with Crippen LogP contribution in [0, 0.1) is 12.7 Å². The number of amides is 1. The number of methoxy groups -OCH3 is 1. The molecular weight excluding hydrogens is 403 g/mol. The van der Waals surface area contributed by atoms with Gasteiger partial charge in [0.1, 0.15) is 11.6 Å². The molecule has 4 nitrogen and oxygen atoms in total. The number of nitrogens with zero attached hydrogens (tertiary/aromatic N) is 1. The van der Waals surface area contributed by atoms with E-state index in [9.17, 15) is 9.18 Å². The molecule has 0 aliphatic heterocycles. The van der Waals surface area contributed by atoms with Crippen LogP contribution in [0.15, 0.2) is 84.9 Å². The lowest BCUT2D eigenvalue weighted by atomic mass is 10.1. The zero-order valence-electron chi connectivity index (χ0n) is 18.3. The van der Waals surface area contributed by atoms with Gasteiger partial charge in [-0.2, -0.15) is 0 Å². The number of carbonyl (C=O) groups is 1. The highest BCUT2D eigenvalue weighted by atomic mass is 19.1. The first-order chi connectivity index (χ1) is 15.5. The molecule has 1 N–H and O–H groups in total. The molecule has 5 heteroatoms. The molecule has 162 valence electrons. The standard InChI is InChI=1S/C27H25FN2O2/c1-18(20-9-5-4-6-10-20)29-27(31)23-17-26(21-13-15-22(32-3)16-14-21)30(19(23)2)25-12-8-7-11-24(25)28/h4-18H,1-3H3,(H,29,31). The lowest BCUT2D eigenvalue weighted by Gasteiger charge is -2.15. The molecule has 0 spiro atoms. The minimum atomic E-state index is -0.356. The molecule has 1 heterocycles. The van der Waals surface area contributed by atoms with Crippen LogP contribution in [-0.4, -0.2) is 17.6 Å². The molecule has 1 aromatic heterocycles. The second-order valence-electron chi connectivity index (χ2n) is 7.65. The van der Waals surface area contributed by atoms with E-state index in [1.807, 2.05) is 74.5 Å². The van der Waals surface area contributed by atoms with Crippen molar-refractivity contribution in [2.24, 2.45) is 0 Å². The molecule has 0 radical (unpaired) electrons. The minimum Gasteiger partial charge on any atom is -0.497 e. The molecule has 1 amide bonds.